The molecule has 0 aliphatic heterocycles. The van der Waals surface area contributed by atoms with E-state index >= 15 is 0 Å². The predicted molar refractivity (Wildman–Crippen MR) is 68.7 cm³/mol. The molecule has 0 saturated heterocycles. The third-order valence-corrected chi connectivity index (χ3v) is 4.71. The van der Waals surface area contributed by atoms with Crippen LogP contribution in [0.25, 0.3) is 0 Å². The molecule has 0 radical (unpaired) electrons. The summed E-state index contributed by atoms with van der Waals surface area (Å²) in [7, 11) is 0. The molecule has 0 bridgehead atoms. The first-order chi connectivity index (χ1) is 8.31. The summed E-state index contributed by atoms with van der Waals surface area (Å²) in [5.74, 6) is 2.37. The van der Waals surface area contributed by atoms with Gasteiger partial charge < -0.3 is 4.74 Å². The number of esters is 1. The summed E-state index contributed by atoms with van der Waals surface area (Å²) >= 11 is 0. The Balaban J connectivity index is 1.89. The van der Waals surface area contributed by atoms with Crippen molar-refractivity contribution in [3.05, 3.63) is 0 Å². The highest BCUT2D eigenvalue weighted by atomic mass is 16.5. The van der Waals surface area contributed by atoms with Crippen molar-refractivity contribution in [3.63, 3.8) is 0 Å². The van der Waals surface area contributed by atoms with Crippen LogP contribution in [0, 0.1) is 17.8 Å². The van der Waals surface area contributed by atoms with E-state index in [1.165, 1.54) is 51.4 Å². The van der Waals surface area contributed by atoms with E-state index in [2.05, 4.69) is 0 Å². The van der Waals surface area contributed by atoms with Crippen LogP contribution in [0.15, 0.2) is 0 Å². The normalized spacial score (nSPS) is 30.4. The van der Waals surface area contributed by atoms with Crippen LogP contribution >= 0.6 is 0 Å². The second kappa shape index (κ2) is 6.42. The molecular formula is C15H26O2. The zero-order chi connectivity index (χ0) is 12.1. The predicted octanol–water partition coefficient (Wildman–Crippen LogP) is 3.94. The summed E-state index contributed by atoms with van der Waals surface area (Å²) in [5.41, 5.74) is 0. The number of ether oxygens (including phenoxy) is 1. The van der Waals surface area contributed by atoms with Crippen LogP contribution in [0.5, 0.6) is 0 Å². The standard InChI is InChI=1S/C15H26O2/c1-2-17-15(16)11-13-9-5-6-10-14(13)12-7-3-4-8-12/h12-14H,2-11H2,1H3. The second-order valence-corrected chi connectivity index (χ2v) is 5.76. The maximum Gasteiger partial charge on any atom is 0.306 e. The summed E-state index contributed by atoms with van der Waals surface area (Å²) in [4.78, 5) is 11.6. The molecule has 0 heterocycles. The maximum absolute atomic E-state index is 11.6. The molecule has 2 aliphatic carbocycles. The van der Waals surface area contributed by atoms with Gasteiger partial charge in [-0.25, -0.2) is 0 Å². The van der Waals surface area contributed by atoms with Crippen molar-refractivity contribution in [1.82, 2.24) is 0 Å². The van der Waals surface area contributed by atoms with Crippen molar-refractivity contribution in [2.75, 3.05) is 6.61 Å². The molecular weight excluding hydrogens is 212 g/mol. The largest absolute Gasteiger partial charge is 0.466 e. The second-order valence-electron chi connectivity index (χ2n) is 5.76. The van der Waals surface area contributed by atoms with Crippen LogP contribution in [0.2, 0.25) is 0 Å². The van der Waals surface area contributed by atoms with Crippen LogP contribution in [-0.2, 0) is 9.53 Å². The molecule has 0 aromatic carbocycles. The number of hydrogen-bond acceptors (Lipinski definition) is 2. The Kier molecular flexibility index (Phi) is 4.87. The summed E-state index contributed by atoms with van der Waals surface area (Å²) in [6.07, 6.45) is 11.6. The molecule has 0 aromatic heterocycles. The molecule has 2 atom stereocenters. The van der Waals surface area contributed by atoms with Gasteiger partial charge >= 0.3 is 5.97 Å². The van der Waals surface area contributed by atoms with Crippen molar-refractivity contribution < 1.29 is 9.53 Å². The molecule has 0 amide bonds. The molecule has 2 unspecified atom stereocenters. The van der Waals surface area contributed by atoms with Crippen LogP contribution < -0.4 is 0 Å². The van der Waals surface area contributed by atoms with Gasteiger partial charge in [0, 0.05) is 6.42 Å². The SMILES string of the molecule is CCOC(=O)CC1CCCCC1C1CCCC1. The topological polar surface area (TPSA) is 26.3 Å². The molecule has 2 aliphatic rings. The third kappa shape index (κ3) is 3.46. The first-order valence-electron chi connectivity index (χ1n) is 7.47. The maximum atomic E-state index is 11.6. The van der Waals surface area contributed by atoms with Gasteiger partial charge in [0.1, 0.15) is 0 Å². The first kappa shape index (κ1) is 12.9. The van der Waals surface area contributed by atoms with Crippen molar-refractivity contribution in [1.29, 1.82) is 0 Å². The van der Waals surface area contributed by atoms with Gasteiger partial charge in [0.2, 0.25) is 0 Å². The number of carbonyl (C=O) groups is 1. The summed E-state index contributed by atoms with van der Waals surface area (Å²) in [6, 6.07) is 0. The fourth-order valence-electron chi connectivity index (χ4n) is 3.93. The average Bonchev–Trinajstić information content (AvgIpc) is 2.83. The molecule has 0 N–H and O–H groups in total. The molecule has 2 nitrogen and oxygen atoms in total. The molecule has 2 fully saturated rings. The minimum Gasteiger partial charge on any atom is -0.466 e. The summed E-state index contributed by atoms with van der Waals surface area (Å²) < 4.78 is 5.12. The van der Waals surface area contributed by atoms with Crippen LogP contribution in [0.4, 0.5) is 0 Å². The van der Waals surface area contributed by atoms with Crippen LogP contribution in [0.3, 0.4) is 0 Å². The van der Waals surface area contributed by atoms with E-state index in [9.17, 15) is 4.79 Å². The Hall–Kier alpha value is -0.530. The van der Waals surface area contributed by atoms with Crippen molar-refractivity contribution in [2.45, 2.75) is 64.7 Å². The molecule has 2 heteroatoms. The number of hydrogen-bond donors (Lipinski definition) is 0. The van der Waals surface area contributed by atoms with Gasteiger partial charge in [0.05, 0.1) is 6.61 Å². The summed E-state index contributed by atoms with van der Waals surface area (Å²) in [6.45, 7) is 2.42. The van der Waals surface area contributed by atoms with Crippen LogP contribution in [0.1, 0.15) is 64.7 Å². The Bertz CT molecular complexity index is 243. The Morgan fingerprint density at radius 3 is 2.41 bits per heavy atom. The lowest BCUT2D eigenvalue weighted by Gasteiger charge is -2.35. The fraction of sp³-hybridized carbons (Fsp3) is 0.933. The lowest BCUT2D eigenvalue weighted by atomic mass is 9.70. The minimum atomic E-state index is 0.0300. The highest BCUT2D eigenvalue weighted by molar-refractivity contribution is 5.69. The first-order valence-corrected chi connectivity index (χ1v) is 7.47. The van der Waals surface area contributed by atoms with E-state index < -0.39 is 0 Å². The molecule has 0 aromatic rings. The van der Waals surface area contributed by atoms with Crippen LogP contribution in [-0.4, -0.2) is 12.6 Å². The van der Waals surface area contributed by atoms with E-state index in [0.717, 1.165) is 11.8 Å². The zero-order valence-corrected chi connectivity index (χ0v) is 11.1. The average molecular weight is 238 g/mol. The van der Waals surface area contributed by atoms with Gasteiger partial charge in [0.25, 0.3) is 0 Å². The molecule has 0 spiro atoms. The van der Waals surface area contributed by atoms with Crippen molar-refractivity contribution in [3.8, 4) is 0 Å². The van der Waals surface area contributed by atoms with Gasteiger partial charge in [-0.3, -0.25) is 4.79 Å². The van der Waals surface area contributed by atoms with E-state index in [4.69, 9.17) is 4.74 Å². The van der Waals surface area contributed by atoms with Gasteiger partial charge in [-0.15, -0.1) is 0 Å². The van der Waals surface area contributed by atoms with E-state index in [1.54, 1.807) is 0 Å². The zero-order valence-electron chi connectivity index (χ0n) is 11.1. The molecule has 2 saturated carbocycles. The highest BCUT2D eigenvalue weighted by Crippen LogP contribution is 2.43. The summed E-state index contributed by atoms with van der Waals surface area (Å²) in [5, 5.41) is 0. The molecule has 98 valence electrons. The Morgan fingerprint density at radius 2 is 1.71 bits per heavy atom. The quantitative estimate of drug-likeness (QED) is 0.693. The monoisotopic (exact) mass is 238 g/mol. The van der Waals surface area contributed by atoms with Crippen molar-refractivity contribution >= 4 is 5.97 Å². The molecule has 17 heavy (non-hydrogen) atoms. The lowest BCUT2D eigenvalue weighted by Crippen LogP contribution is -2.28. The van der Waals surface area contributed by atoms with E-state index in [-0.39, 0.29) is 5.97 Å². The Labute approximate surface area is 105 Å². The lowest BCUT2D eigenvalue weighted by molar-refractivity contribution is -0.145. The van der Waals surface area contributed by atoms with E-state index in [0.29, 0.717) is 18.9 Å². The molecule has 2 rings (SSSR count). The number of carbonyl (C=O) groups excluding carboxylic acids is 1. The van der Waals surface area contributed by atoms with Gasteiger partial charge in [-0.2, -0.15) is 0 Å². The minimum absolute atomic E-state index is 0.0300. The fourth-order valence-corrected chi connectivity index (χ4v) is 3.93. The van der Waals surface area contributed by atoms with E-state index in [1.807, 2.05) is 6.92 Å². The van der Waals surface area contributed by atoms with Crippen molar-refractivity contribution in [2.24, 2.45) is 17.8 Å². The third-order valence-electron chi connectivity index (χ3n) is 4.71. The van der Waals surface area contributed by atoms with Gasteiger partial charge in [-0.05, 0) is 37.5 Å². The smallest absolute Gasteiger partial charge is 0.306 e. The Morgan fingerprint density at radius 1 is 1.06 bits per heavy atom. The number of rotatable bonds is 4. The van der Waals surface area contributed by atoms with Gasteiger partial charge in [-0.1, -0.05) is 38.5 Å². The highest BCUT2D eigenvalue weighted by Gasteiger charge is 2.34. The van der Waals surface area contributed by atoms with Gasteiger partial charge in [0.15, 0.2) is 0 Å².